The van der Waals surface area contributed by atoms with Gasteiger partial charge in [-0.05, 0) is 50.6 Å². The molecule has 100 valence electrons. The first kappa shape index (κ1) is 13.4. The quantitative estimate of drug-likeness (QED) is 0.902. The lowest BCUT2D eigenvalue weighted by atomic mass is 10.2. The average Bonchev–Trinajstić information content (AvgIpc) is 2.41. The normalized spacial score (nSPS) is 20.6. The van der Waals surface area contributed by atoms with Crippen molar-refractivity contribution < 1.29 is 13.2 Å². The SMILES string of the molecule is CCOc1ccc(S(=O)(=O)C2CCCNC2)cc1. The van der Waals surface area contributed by atoms with Crippen LogP contribution in [0.1, 0.15) is 19.8 Å². The fourth-order valence-corrected chi connectivity index (χ4v) is 3.88. The van der Waals surface area contributed by atoms with Gasteiger partial charge in [-0.3, -0.25) is 0 Å². The Morgan fingerprint density at radius 2 is 2.06 bits per heavy atom. The summed E-state index contributed by atoms with van der Waals surface area (Å²) in [6.45, 7) is 3.95. The zero-order chi connectivity index (χ0) is 13.0. The topological polar surface area (TPSA) is 55.4 Å². The summed E-state index contributed by atoms with van der Waals surface area (Å²) in [5.41, 5.74) is 0. The highest BCUT2D eigenvalue weighted by atomic mass is 32.2. The van der Waals surface area contributed by atoms with E-state index in [2.05, 4.69) is 5.32 Å². The molecule has 1 unspecified atom stereocenters. The van der Waals surface area contributed by atoms with Crippen LogP contribution in [-0.2, 0) is 9.84 Å². The standard InChI is InChI=1S/C13H19NO3S/c1-2-17-11-5-7-12(8-6-11)18(15,16)13-4-3-9-14-10-13/h5-8,13-14H,2-4,9-10H2,1H3. The Labute approximate surface area is 108 Å². The number of ether oxygens (including phenoxy) is 1. The molecule has 2 rings (SSSR count). The van der Waals surface area contributed by atoms with Crippen LogP contribution in [0.4, 0.5) is 0 Å². The summed E-state index contributed by atoms with van der Waals surface area (Å²) in [7, 11) is -3.21. The third-order valence-corrected chi connectivity index (χ3v) is 5.36. The zero-order valence-corrected chi connectivity index (χ0v) is 11.4. The number of hydrogen-bond donors (Lipinski definition) is 1. The molecule has 1 N–H and O–H groups in total. The minimum absolute atomic E-state index is 0.302. The zero-order valence-electron chi connectivity index (χ0n) is 10.6. The van der Waals surface area contributed by atoms with Gasteiger partial charge in [0.1, 0.15) is 5.75 Å². The Morgan fingerprint density at radius 1 is 1.33 bits per heavy atom. The molecule has 1 aromatic rings. The second kappa shape index (κ2) is 5.71. The van der Waals surface area contributed by atoms with Gasteiger partial charge in [0.25, 0.3) is 0 Å². The van der Waals surface area contributed by atoms with Crippen LogP contribution in [0.15, 0.2) is 29.2 Å². The van der Waals surface area contributed by atoms with Crippen molar-refractivity contribution in [2.75, 3.05) is 19.7 Å². The lowest BCUT2D eigenvalue weighted by Gasteiger charge is -2.22. The van der Waals surface area contributed by atoms with Crippen LogP contribution in [0.25, 0.3) is 0 Å². The van der Waals surface area contributed by atoms with Crippen LogP contribution in [0, 0.1) is 0 Å². The number of piperidine rings is 1. The highest BCUT2D eigenvalue weighted by Crippen LogP contribution is 2.23. The molecule has 0 aromatic heterocycles. The maximum absolute atomic E-state index is 12.4. The largest absolute Gasteiger partial charge is 0.494 e. The Hall–Kier alpha value is -1.07. The summed E-state index contributed by atoms with van der Waals surface area (Å²) in [4.78, 5) is 0.389. The van der Waals surface area contributed by atoms with E-state index in [1.54, 1.807) is 24.3 Å². The van der Waals surface area contributed by atoms with E-state index in [1.807, 2.05) is 6.92 Å². The van der Waals surface area contributed by atoms with Gasteiger partial charge in [-0.2, -0.15) is 0 Å². The van der Waals surface area contributed by atoms with E-state index in [4.69, 9.17) is 4.74 Å². The predicted molar refractivity (Wildman–Crippen MR) is 70.7 cm³/mol. The molecule has 1 saturated heterocycles. The van der Waals surface area contributed by atoms with Crippen LogP contribution < -0.4 is 10.1 Å². The highest BCUT2D eigenvalue weighted by molar-refractivity contribution is 7.92. The fraction of sp³-hybridized carbons (Fsp3) is 0.538. The van der Waals surface area contributed by atoms with Gasteiger partial charge in [0.2, 0.25) is 0 Å². The average molecular weight is 269 g/mol. The van der Waals surface area contributed by atoms with E-state index in [0.29, 0.717) is 23.8 Å². The van der Waals surface area contributed by atoms with E-state index in [9.17, 15) is 8.42 Å². The molecule has 4 nitrogen and oxygen atoms in total. The summed E-state index contributed by atoms with van der Waals surface area (Å²) in [6, 6.07) is 6.70. The van der Waals surface area contributed by atoms with Crippen LogP contribution in [0.5, 0.6) is 5.75 Å². The van der Waals surface area contributed by atoms with E-state index >= 15 is 0 Å². The summed E-state index contributed by atoms with van der Waals surface area (Å²) in [6.07, 6.45) is 1.66. The Kier molecular flexibility index (Phi) is 4.24. The first-order chi connectivity index (χ1) is 8.64. The number of benzene rings is 1. The Balaban J connectivity index is 2.18. The predicted octanol–water partition coefficient (Wildman–Crippen LogP) is 1.61. The molecular weight excluding hydrogens is 250 g/mol. The summed E-state index contributed by atoms with van der Waals surface area (Å²) >= 11 is 0. The number of nitrogens with one attached hydrogen (secondary N) is 1. The van der Waals surface area contributed by atoms with Gasteiger partial charge in [-0.15, -0.1) is 0 Å². The first-order valence-corrected chi connectivity index (χ1v) is 7.86. The third kappa shape index (κ3) is 2.84. The fourth-order valence-electron chi connectivity index (χ4n) is 2.17. The smallest absolute Gasteiger partial charge is 0.182 e. The van der Waals surface area contributed by atoms with E-state index in [1.165, 1.54) is 0 Å². The third-order valence-electron chi connectivity index (χ3n) is 3.15. The highest BCUT2D eigenvalue weighted by Gasteiger charge is 2.28. The lowest BCUT2D eigenvalue weighted by Crippen LogP contribution is -2.38. The van der Waals surface area contributed by atoms with Crippen LogP contribution >= 0.6 is 0 Å². The van der Waals surface area contributed by atoms with Gasteiger partial charge in [0.05, 0.1) is 16.8 Å². The number of hydrogen-bond acceptors (Lipinski definition) is 4. The first-order valence-electron chi connectivity index (χ1n) is 6.32. The molecule has 0 saturated carbocycles. The number of sulfone groups is 1. The van der Waals surface area contributed by atoms with E-state index in [-0.39, 0.29) is 5.25 Å². The van der Waals surface area contributed by atoms with Gasteiger partial charge in [0, 0.05) is 6.54 Å². The molecule has 1 aliphatic heterocycles. The summed E-state index contributed by atoms with van der Waals surface area (Å²) < 4.78 is 30.1. The molecule has 1 aromatic carbocycles. The molecule has 1 atom stereocenters. The molecule has 0 spiro atoms. The molecule has 5 heteroatoms. The molecular formula is C13H19NO3S. The van der Waals surface area contributed by atoms with Crippen molar-refractivity contribution in [2.24, 2.45) is 0 Å². The summed E-state index contributed by atoms with van der Waals surface area (Å²) in [5.74, 6) is 0.707. The van der Waals surface area contributed by atoms with Crippen molar-refractivity contribution >= 4 is 9.84 Å². The molecule has 1 fully saturated rings. The molecule has 0 amide bonds. The molecule has 0 aliphatic carbocycles. The molecule has 18 heavy (non-hydrogen) atoms. The minimum atomic E-state index is -3.21. The van der Waals surface area contributed by atoms with E-state index < -0.39 is 9.84 Å². The molecule has 0 radical (unpaired) electrons. The molecule has 0 bridgehead atoms. The monoisotopic (exact) mass is 269 g/mol. The molecule has 1 heterocycles. The lowest BCUT2D eigenvalue weighted by molar-refractivity contribution is 0.340. The Morgan fingerprint density at radius 3 is 2.61 bits per heavy atom. The van der Waals surface area contributed by atoms with E-state index in [0.717, 1.165) is 19.4 Å². The Bertz CT molecular complexity index is 475. The van der Waals surface area contributed by atoms with Crippen molar-refractivity contribution in [1.29, 1.82) is 0 Å². The second-order valence-corrected chi connectivity index (χ2v) is 6.65. The van der Waals surface area contributed by atoms with Gasteiger partial charge < -0.3 is 10.1 Å². The van der Waals surface area contributed by atoms with Gasteiger partial charge in [0.15, 0.2) is 9.84 Å². The van der Waals surface area contributed by atoms with Crippen molar-refractivity contribution in [3.8, 4) is 5.75 Å². The van der Waals surface area contributed by atoms with Gasteiger partial charge in [-0.1, -0.05) is 0 Å². The second-order valence-electron chi connectivity index (χ2n) is 4.42. The van der Waals surface area contributed by atoms with Crippen molar-refractivity contribution in [2.45, 2.75) is 29.9 Å². The van der Waals surface area contributed by atoms with Gasteiger partial charge in [-0.25, -0.2) is 8.42 Å². The summed E-state index contributed by atoms with van der Waals surface area (Å²) in [5, 5.41) is 2.84. The molecule has 1 aliphatic rings. The van der Waals surface area contributed by atoms with Crippen molar-refractivity contribution in [1.82, 2.24) is 5.32 Å². The van der Waals surface area contributed by atoms with Gasteiger partial charge >= 0.3 is 0 Å². The van der Waals surface area contributed by atoms with Crippen molar-refractivity contribution in [3.05, 3.63) is 24.3 Å². The van der Waals surface area contributed by atoms with Crippen LogP contribution in [-0.4, -0.2) is 33.4 Å². The van der Waals surface area contributed by atoms with Crippen LogP contribution in [0.2, 0.25) is 0 Å². The van der Waals surface area contributed by atoms with Crippen LogP contribution in [0.3, 0.4) is 0 Å². The minimum Gasteiger partial charge on any atom is -0.494 e. The van der Waals surface area contributed by atoms with Crippen molar-refractivity contribution in [3.63, 3.8) is 0 Å². The maximum Gasteiger partial charge on any atom is 0.182 e. The maximum atomic E-state index is 12.4. The number of rotatable bonds is 4.